The molecule has 152 valence electrons. The van der Waals surface area contributed by atoms with Crippen LogP contribution >= 0.6 is 11.3 Å². The molecule has 0 unspecified atom stereocenters. The highest BCUT2D eigenvalue weighted by atomic mass is 32.1. The number of hydrogen-bond acceptors (Lipinski definition) is 6. The Labute approximate surface area is 176 Å². The second-order valence-corrected chi connectivity index (χ2v) is 7.50. The van der Waals surface area contributed by atoms with Gasteiger partial charge in [0.15, 0.2) is 6.61 Å². The van der Waals surface area contributed by atoms with Crippen LogP contribution in [0.3, 0.4) is 0 Å². The van der Waals surface area contributed by atoms with E-state index in [1.54, 1.807) is 32.0 Å². The minimum atomic E-state index is -0.357. The fraction of sp³-hybridized carbons (Fsp3) is 0.143. The summed E-state index contributed by atoms with van der Waals surface area (Å²) in [4.78, 5) is 32.8. The quantitative estimate of drug-likeness (QED) is 0.497. The summed E-state index contributed by atoms with van der Waals surface area (Å²) >= 11 is 1.52. The van der Waals surface area contributed by atoms with Crippen molar-refractivity contribution in [2.24, 2.45) is 0 Å². The molecule has 0 aliphatic heterocycles. The monoisotopic (exact) mass is 421 g/mol. The largest absolute Gasteiger partial charge is 0.484 e. The number of hydrogen-bond donors (Lipinski definition) is 2. The number of thiophene rings is 1. The zero-order chi connectivity index (χ0) is 21.1. The minimum absolute atomic E-state index is 0.166. The number of para-hydroxylation sites is 1. The lowest BCUT2D eigenvalue weighted by Gasteiger charge is -2.10. The SMILES string of the molecule is Cc1nc(-n2nc(-c3cccs3)cc2NC(=O)COc2ccccc2)[nH]c(=O)c1C. The molecule has 2 N–H and O–H groups in total. The van der Waals surface area contributed by atoms with Crippen molar-refractivity contribution in [3.8, 4) is 22.3 Å². The van der Waals surface area contributed by atoms with Crippen LogP contribution in [0.4, 0.5) is 5.82 Å². The number of aryl methyl sites for hydroxylation is 1. The third-order valence-electron chi connectivity index (χ3n) is 4.45. The van der Waals surface area contributed by atoms with Gasteiger partial charge in [-0.2, -0.15) is 9.78 Å². The molecule has 0 aliphatic carbocycles. The summed E-state index contributed by atoms with van der Waals surface area (Å²) in [5, 5.41) is 9.28. The topological polar surface area (TPSA) is 102 Å². The van der Waals surface area contributed by atoms with Crippen LogP contribution in [0.1, 0.15) is 11.3 Å². The van der Waals surface area contributed by atoms with E-state index >= 15 is 0 Å². The summed E-state index contributed by atoms with van der Waals surface area (Å²) in [6, 6.07) is 14.7. The van der Waals surface area contributed by atoms with Gasteiger partial charge < -0.3 is 10.1 Å². The molecule has 0 aliphatic rings. The number of nitrogens with zero attached hydrogens (tertiary/aromatic N) is 3. The van der Waals surface area contributed by atoms with Gasteiger partial charge in [-0.15, -0.1) is 11.3 Å². The smallest absolute Gasteiger partial charge is 0.263 e. The third-order valence-corrected chi connectivity index (χ3v) is 5.34. The van der Waals surface area contributed by atoms with Gasteiger partial charge in [-0.3, -0.25) is 14.6 Å². The summed E-state index contributed by atoms with van der Waals surface area (Å²) in [5.41, 5.74) is 1.53. The van der Waals surface area contributed by atoms with Crippen molar-refractivity contribution in [1.82, 2.24) is 19.7 Å². The van der Waals surface area contributed by atoms with Gasteiger partial charge in [0.1, 0.15) is 17.3 Å². The molecule has 3 aromatic heterocycles. The van der Waals surface area contributed by atoms with Crippen LogP contribution in [0.2, 0.25) is 0 Å². The maximum atomic E-state index is 12.5. The number of aromatic nitrogens is 4. The van der Waals surface area contributed by atoms with E-state index in [-0.39, 0.29) is 24.0 Å². The highest BCUT2D eigenvalue weighted by molar-refractivity contribution is 7.13. The van der Waals surface area contributed by atoms with E-state index in [4.69, 9.17) is 4.74 Å². The summed E-state index contributed by atoms with van der Waals surface area (Å²) in [6.07, 6.45) is 0. The highest BCUT2D eigenvalue weighted by Gasteiger charge is 2.17. The van der Waals surface area contributed by atoms with Crippen LogP contribution in [-0.2, 0) is 4.79 Å². The molecule has 4 aromatic rings. The van der Waals surface area contributed by atoms with Gasteiger partial charge in [-0.25, -0.2) is 4.98 Å². The molecule has 8 nitrogen and oxygen atoms in total. The van der Waals surface area contributed by atoms with Crippen LogP contribution < -0.4 is 15.6 Å². The first-order chi connectivity index (χ1) is 14.5. The number of carbonyl (C=O) groups is 1. The van der Waals surface area contributed by atoms with Gasteiger partial charge >= 0.3 is 0 Å². The zero-order valence-electron chi connectivity index (χ0n) is 16.4. The highest BCUT2D eigenvalue weighted by Crippen LogP contribution is 2.27. The molecule has 3 heterocycles. The Morgan fingerprint density at radius 3 is 2.70 bits per heavy atom. The van der Waals surface area contributed by atoms with E-state index < -0.39 is 0 Å². The predicted molar refractivity (Wildman–Crippen MR) is 115 cm³/mol. The molecule has 0 bridgehead atoms. The van der Waals surface area contributed by atoms with Crippen molar-refractivity contribution in [1.29, 1.82) is 0 Å². The van der Waals surface area contributed by atoms with Crippen LogP contribution in [0.5, 0.6) is 5.75 Å². The van der Waals surface area contributed by atoms with Crippen molar-refractivity contribution in [2.45, 2.75) is 13.8 Å². The summed E-state index contributed by atoms with van der Waals surface area (Å²) in [5.74, 6) is 0.848. The number of ether oxygens (including phenoxy) is 1. The average Bonchev–Trinajstić information content (AvgIpc) is 3.41. The lowest BCUT2D eigenvalue weighted by atomic mass is 10.3. The summed E-state index contributed by atoms with van der Waals surface area (Å²) in [6.45, 7) is 3.29. The van der Waals surface area contributed by atoms with E-state index in [9.17, 15) is 9.59 Å². The van der Waals surface area contributed by atoms with Crippen molar-refractivity contribution in [3.05, 3.63) is 75.5 Å². The van der Waals surface area contributed by atoms with E-state index in [1.807, 2.05) is 35.7 Å². The molecule has 4 rings (SSSR count). The molecule has 0 radical (unpaired) electrons. The molecule has 9 heteroatoms. The van der Waals surface area contributed by atoms with Crippen molar-refractivity contribution < 1.29 is 9.53 Å². The van der Waals surface area contributed by atoms with Gasteiger partial charge in [0.2, 0.25) is 5.95 Å². The van der Waals surface area contributed by atoms with E-state index in [0.717, 1.165) is 4.88 Å². The number of amides is 1. The molecule has 1 amide bonds. The first kappa shape index (κ1) is 19.6. The van der Waals surface area contributed by atoms with Crippen molar-refractivity contribution in [3.63, 3.8) is 0 Å². The number of benzene rings is 1. The van der Waals surface area contributed by atoms with E-state index in [1.165, 1.54) is 16.0 Å². The van der Waals surface area contributed by atoms with Crippen LogP contribution in [0.15, 0.2) is 58.7 Å². The molecule has 1 aromatic carbocycles. The normalized spacial score (nSPS) is 10.7. The van der Waals surface area contributed by atoms with Crippen LogP contribution in [0.25, 0.3) is 16.5 Å². The fourth-order valence-corrected chi connectivity index (χ4v) is 3.43. The second kappa shape index (κ2) is 8.34. The Morgan fingerprint density at radius 2 is 2.00 bits per heavy atom. The molecule has 0 fully saturated rings. The summed E-state index contributed by atoms with van der Waals surface area (Å²) in [7, 11) is 0. The predicted octanol–water partition coefficient (Wildman–Crippen LogP) is 3.32. The molecule has 0 saturated carbocycles. The number of anilines is 1. The number of aromatic amines is 1. The van der Waals surface area contributed by atoms with Gasteiger partial charge in [0.05, 0.1) is 4.88 Å². The molecular formula is C21H19N5O3S. The fourth-order valence-electron chi connectivity index (χ4n) is 2.75. The van der Waals surface area contributed by atoms with Gasteiger partial charge in [0.25, 0.3) is 11.5 Å². The molecule has 0 saturated heterocycles. The van der Waals surface area contributed by atoms with Gasteiger partial charge in [0, 0.05) is 17.3 Å². The standard InChI is InChI=1S/C21H19N5O3S/c1-13-14(2)22-21(24-20(13)28)26-18(11-16(25-26)17-9-6-10-30-17)23-19(27)12-29-15-7-4-3-5-8-15/h3-11H,12H2,1-2H3,(H,23,27)(H,22,24,28). The second-order valence-electron chi connectivity index (χ2n) is 6.55. The van der Waals surface area contributed by atoms with Gasteiger partial charge in [-0.1, -0.05) is 24.3 Å². The summed E-state index contributed by atoms with van der Waals surface area (Å²) < 4.78 is 6.93. The molecular weight excluding hydrogens is 402 g/mol. The van der Waals surface area contributed by atoms with Gasteiger partial charge in [-0.05, 0) is 37.4 Å². The number of H-pyrrole nitrogens is 1. The molecule has 0 spiro atoms. The number of nitrogens with one attached hydrogen (secondary N) is 2. The Morgan fingerprint density at radius 1 is 1.20 bits per heavy atom. The Bertz CT molecular complexity index is 1230. The Balaban J connectivity index is 1.64. The van der Waals surface area contributed by atoms with Crippen LogP contribution in [-0.4, -0.2) is 32.3 Å². The lowest BCUT2D eigenvalue weighted by molar-refractivity contribution is -0.118. The van der Waals surface area contributed by atoms with Crippen molar-refractivity contribution in [2.75, 3.05) is 11.9 Å². The number of carbonyl (C=O) groups excluding carboxylic acids is 1. The third kappa shape index (κ3) is 4.15. The Hall–Kier alpha value is -3.72. The zero-order valence-corrected chi connectivity index (χ0v) is 17.2. The minimum Gasteiger partial charge on any atom is -0.484 e. The first-order valence-corrected chi connectivity index (χ1v) is 10.1. The van der Waals surface area contributed by atoms with E-state index in [0.29, 0.717) is 28.5 Å². The first-order valence-electron chi connectivity index (χ1n) is 9.21. The lowest BCUT2D eigenvalue weighted by Crippen LogP contribution is -2.23. The maximum absolute atomic E-state index is 12.5. The van der Waals surface area contributed by atoms with Crippen molar-refractivity contribution >= 4 is 23.1 Å². The van der Waals surface area contributed by atoms with Crippen LogP contribution in [0, 0.1) is 13.8 Å². The maximum Gasteiger partial charge on any atom is 0.263 e. The molecule has 30 heavy (non-hydrogen) atoms. The Kier molecular flexibility index (Phi) is 5.44. The van der Waals surface area contributed by atoms with E-state index in [2.05, 4.69) is 20.4 Å². The average molecular weight is 421 g/mol. The number of rotatable bonds is 6. The molecule has 0 atom stereocenters.